The highest BCUT2D eigenvalue weighted by molar-refractivity contribution is 5.98. The molecule has 5 nitrogen and oxygen atoms in total. The second kappa shape index (κ2) is 8.63. The van der Waals surface area contributed by atoms with E-state index in [0.29, 0.717) is 17.3 Å². The van der Waals surface area contributed by atoms with Crippen molar-refractivity contribution in [1.82, 2.24) is 19.7 Å². The number of rotatable bonds is 5. The molecule has 0 unspecified atom stereocenters. The van der Waals surface area contributed by atoms with E-state index in [1.807, 2.05) is 18.3 Å². The molecule has 0 radical (unpaired) electrons. The summed E-state index contributed by atoms with van der Waals surface area (Å²) in [5.41, 5.74) is 3.21. The maximum absolute atomic E-state index is 13.4. The second-order valence-electron chi connectivity index (χ2n) is 8.59. The zero-order chi connectivity index (χ0) is 22.1. The Balaban J connectivity index is 1.37. The summed E-state index contributed by atoms with van der Waals surface area (Å²) in [6.45, 7) is 2.19. The van der Waals surface area contributed by atoms with Gasteiger partial charge in [-0.3, -0.25) is 14.5 Å². The zero-order valence-electron chi connectivity index (χ0n) is 18.0. The number of ketones is 1. The Morgan fingerprint density at radius 1 is 1.03 bits per heavy atom. The van der Waals surface area contributed by atoms with E-state index in [1.165, 1.54) is 12.1 Å². The molecule has 32 heavy (non-hydrogen) atoms. The predicted octanol–water partition coefficient (Wildman–Crippen LogP) is 4.93. The lowest BCUT2D eigenvalue weighted by Gasteiger charge is -2.28. The van der Waals surface area contributed by atoms with Crippen LogP contribution in [0.25, 0.3) is 21.9 Å². The van der Waals surface area contributed by atoms with Crippen LogP contribution in [-0.2, 0) is 6.42 Å². The van der Waals surface area contributed by atoms with Gasteiger partial charge in [0, 0.05) is 34.6 Å². The molecule has 2 aromatic carbocycles. The molecule has 1 aliphatic rings. The average molecular weight is 429 g/mol. The topological polar surface area (TPSA) is 51.0 Å². The van der Waals surface area contributed by atoms with Crippen LogP contribution >= 0.6 is 0 Å². The van der Waals surface area contributed by atoms with Crippen LogP contribution < -0.4 is 0 Å². The maximum atomic E-state index is 13.4. The molecule has 6 heteroatoms. The van der Waals surface area contributed by atoms with Gasteiger partial charge < -0.3 is 4.90 Å². The first-order chi connectivity index (χ1) is 15.5. The fraction of sp³-hybridized carbons (Fsp3) is 0.269. The van der Waals surface area contributed by atoms with Crippen molar-refractivity contribution in [2.75, 3.05) is 20.1 Å². The number of benzene rings is 2. The van der Waals surface area contributed by atoms with Gasteiger partial charge in [-0.05, 0) is 68.2 Å². The van der Waals surface area contributed by atoms with Crippen LogP contribution in [-0.4, -0.2) is 45.6 Å². The number of aromatic nitrogens is 3. The molecule has 0 bridgehead atoms. The van der Waals surface area contributed by atoms with E-state index >= 15 is 0 Å². The number of Topliss-reactive ketones (excluding diaryl/α,β-unsaturated/α-hetero) is 1. The molecule has 162 valence electrons. The minimum absolute atomic E-state index is 0.137. The van der Waals surface area contributed by atoms with Crippen LogP contribution in [0.15, 0.2) is 67.1 Å². The number of likely N-dealkylation sites (tertiary alicyclic amines) is 1. The summed E-state index contributed by atoms with van der Waals surface area (Å²) in [6.07, 6.45) is 8.21. The summed E-state index contributed by atoms with van der Waals surface area (Å²) < 4.78 is 15.5. The molecule has 0 amide bonds. The highest BCUT2D eigenvalue weighted by Gasteiger charge is 2.19. The van der Waals surface area contributed by atoms with Crippen molar-refractivity contribution in [2.45, 2.75) is 25.3 Å². The third-order valence-electron chi connectivity index (χ3n) is 6.26. The largest absolute Gasteiger partial charge is 0.306 e. The quantitative estimate of drug-likeness (QED) is 0.423. The Morgan fingerprint density at radius 2 is 1.88 bits per heavy atom. The molecule has 0 saturated carbocycles. The van der Waals surface area contributed by atoms with Crippen LogP contribution in [0.2, 0.25) is 0 Å². The fourth-order valence-electron chi connectivity index (χ4n) is 4.34. The van der Waals surface area contributed by atoms with E-state index < -0.39 is 5.82 Å². The number of hydrogen-bond donors (Lipinski definition) is 0. The summed E-state index contributed by atoms with van der Waals surface area (Å²) >= 11 is 0. The SMILES string of the molecule is CN1CCC(n2cc(-c3ccc4cnc(CC(=O)c5cccc(F)c5)cc4c3)cn2)CC1. The number of carbonyl (C=O) groups excluding carboxylic acids is 1. The lowest BCUT2D eigenvalue weighted by Crippen LogP contribution is -2.31. The summed E-state index contributed by atoms with van der Waals surface area (Å²) in [4.78, 5) is 19.3. The molecular weight excluding hydrogens is 403 g/mol. The Kier molecular flexibility index (Phi) is 5.53. The highest BCUT2D eigenvalue weighted by Crippen LogP contribution is 2.27. The molecule has 0 spiro atoms. The number of pyridine rings is 1. The monoisotopic (exact) mass is 428 g/mol. The molecule has 0 N–H and O–H groups in total. The van der Waals surface area contributed by atoms with E-state index in [9.17, 15) is 9.18 Å². The van der Waals surface area contributed by atoms with E-state index in [0.717, 1.165) is 47.8 Å². The van der Waals surface area contributed by atoms with E-state index in [2.05, 4.69) is 45.0 Å². The van der Waals surface area contributed by atoms with Gasteiger partial charge in [-0.2, -0.15) is 5.10 Å². The van der Waals surface area contributed by atoms with Crippen molar-refractivity contribution < 1.29 is 9.18 Å². The maximum Gasteiger partial charge on any atom is 0.168 e. The van der Waals surface area contributed by atoms with E-state index in [-0.39, 0.29) is 12.2 Å². The normalized spacial score (nSPS) is 15.3. The number of halogens is 1. The van der Waals surface area contributed by atoms with E-state index in [4.69, 9.17) is 0 Å². The number of carbonyl (C=O) groups is 1. The molecule has 5 rings (SSSR count). The van der Waals surface area contributed by atoms with Crippen LogP contribution in [0.5, 0.6) is 0 Å². The van der Waals surface area contributed by atoms with Gasteiger partial charge in [0.15, 0.2) is 5.78 Å². The van der Waals surface area contributed by atoms with Gasteiger partial charge in [-0.25, -0.2) is 4.39 Å². The third-order valence-corrected chi connectivity index (χ3v) is 6.26. The summed E-state index contributed by atoms with van der Waals surface area (Å²) in [5.74, 6) is -0.556. The van der Waals surface area contributed by atoms with E-state index in [1.54, 1.807) is 18.3 Å². The van der Waals surface area contributed by atoms with Crippen LogP contribution in [0.1, 0.15) is 34.9 Å². The lowest BCUT2D eigenvalue weighted by molar-refractivity contribution is 0.0991. The minimum atomic E-state index is -0.409. The Morgan fingerprint density at radius 3 is 2.69 bits per heavy atom. The molecule has 2 aromatic heterocycles. The van der Waals surface area contributed by atoms with Gasteiger partial charge in [0.05, 0.1) is 18.7 Å². The van der Waals surface area contributed by atoms with Gasteiger partial charge in [0.1, 0.15) is 5.82 Å². The molecule has 4 aromatic rings. The van der Waals surface area contributed by atoms with Crippen molar-refractivity contribution in [1.29, 1.82) is 0 Å². The molecule has 1 saturated heterocycles. The van der Waals surface area contributed by atoms with Crippen LogP contribution in [0.3, 0.4) is 0 Å². The zero-order valence-corrected chi connectivity index (χ0v) is 18.0. The minimum Gasteiger partial charge on any atom is -0.306 e. The predicted molar refractivity (Wildman–Crippen MR) is 123 cm³/mol. The van der Waals surface area contributed by atoms with Crippen molar-refractivity contribution in [3.8, 4) is 11.1 Å². The first kappa shape index (κ1) is 20.5. The van der Waals surface area contributed by atoms with Crippen molar-refractivity contribution in [2.24, 2.45) is 0 Å². The smallest absolute Gasteiger partial charge is 0.168 e. The molecule has 0 atom stereocenters. The first-order valence-corrected chi connectivity index (χ1v) is 11.0. The fourth-order valence-corrected chi connectivity index (χ4v) is 4.34. The van der Waals surface area contributed by atoms with Gasteiger partial charge in [-0.15, -0.1) is 0 Å². The standard InChI is InChI=1S/C26H25FN4O/c1-30-9-7-25(8-10-30)31-17-22(16-29-31)18-5-6-20-15-28-24(13-21(20)11-18)14-26(32)19-3-2-4-23(27)12-19/h2-6,11-13,15-17,25H,7-10,14H2,1H3. The van der Waals surface area contributed by atoms with Crippen molar-refractivity contribution in [3.63, 3.8) is 0 Å². The van der Waals surface area contributed by atoms with Gasteiger partial charge in [-0.1, -0.05) is 24.3 Å². The Labute approximate surface area is 186 Å². The summed E-state index contributed by atoms with van der Waals surface area (Å²) in [7, 11) is 2.16. The highest BCUT2D eigenvalue weighted by atomic mass is 19.1. The molecule has 1 fully saturated rings. The third kappa shape index (κ3) is 4.32. The van der Waals surface area contributed by atoms with Gasteiger partial charge in [0.2, 0.25) is 0 Å². The Hall–Kier alpha value is -3.38. The van der Waals surface area contributed by atoms with Crippen molar-refractivity contribution in [3.05, 3.63) is 84.2 Å². The molecule has 1 aliphatic heterocycles. The Bertz CT molecular complexity index is 1270. The average Bonchev–Trinajstić information content (AvgIpc) is 3.29. The lowest BCUT2D eigenvalue weighted by atomic mass is 10.0. The van der Waals surface area contributed by atoms with Crippen LogP contribution in [0, 0.1) is 5.82 Å². The molecule has 3 heterocycles. The number of piperidine rings is 1. The molecule has 0 aliphatic carbocycles. The van der Waals surface area contributed by atoms with Gasteiger partial charge >= 0.3 is 0 Å². The summed E-state index contributed by atoms with van der Waals surface area (Å²) in [6, 6.07) is 14.4. The second-order valence-corrected chi connectivity index (χ2v) is 8.59. The molecular formula is C26H25FN4O. The number of hydrogen-bond acceptors (Lipinski definition) is 4. The number of nitrogens with zero attached hydrogens (tertiary/aromatic N) is 4. The number of fused-ring (bicyclic) bond motifs is 1. The van der Waals surface area contributed by atoms with Crippen molar-refractivity contribution >= 4 is 16.6 Å². The summed E-state index contributed by atoms with van der Waals surface area (Å²) in [5, 5.41) is 6.66. The van der Waals surface area contributed by atoms with Crippen LogP contribution in [0.4, 0.5) is 4.39 Å². The first-order valence-electron chi connectivity index (χ1n) is 11.0. The van der Waals surface area contributed by atoms with Gasteiger partial charge in [0.25, 0.3) is 0 Å².